The molecule has 7 nitrogen and oxygen atoms in total. The lowest BCUT2D eigenvalue weighted by Gasteiger charge is -2.20. The summed E-state index contributed by atoms with van der Waals surface area (Å²) < 4.78 is 0. The van der Waals surface area contributed by atoms with Gasteiger partial charge >= 0.3 is 6.03 Å². The molecule has 1 aliphatic rings. The van der Waals surface area contributed by atoms with Gasteiger partial charge in [0.1, 0.15) is 5.54 Å². The molecule has 1 saturated heterocycles. The first-order valence-electron chi connectivity index (χ1n) is 8.16. The Morgan fingerprint density at radius 1 is 1.12 bits per heavy atom. The highest BCUT2D eigenvalue weighted by molar-refractivity contribution is 6.07. The Kier molecular flexibility index (Phi) is 4.62. The molecule has 0 unspecified atom stereocenters. The number of carbonyl (C=O) groups excluding carboxylic acids is 2. The van der Waals surface area contributed by atoms with Crippen molar-refractivity contribution < 1.29 is 19.8 Å². The molecule has 0 saturated carbocycles. The van der Waals surface area contributed by atoms with E-state index in [9.17, 15) is 19.8 Å². The van der Waals surface area contributed by atoms with Gasteiger partial charge in [0, 0.05) is 0 Å². The fraction of sp³-hybridized carbons (Fsp3) is 0.211. The molecule has 0 bridgehead atoms. The number of imide groups is 1. The number of hydrazone groups is 1. The Labute approximate surface area is 150 Å². The fourth-order valence-corrected chi connectivity index (χ4v) is 2.73. The van der Waals surface area contributed by atoms with Crippen molar-refractivity contribution in [3.63, 3.8) is 0 Å². The maximum absolute atomic E-state index is 12.6. The SMILES string of the molecule is C[C@@]1(CCc2ccccc2)NC(=O)N(/N=C/c2ccc(O)c(O)c2)C1=O. The number of nitrogens with zero attached hydrogens (tertiary/aromatic N) is 2. The zero-order chi connectivity index (χ0) is 18.7. The lowest BCUT2D eigenvalue weighted by atomic mass is 9.93. The molecule has 3 rings (SSSR count). The Morgan fingerprint density at radius 2 is 1.85 bits per heavy atom. The van der Waals surface area contributed by atoms with Gasteiger partial charge in [-0.05, 0) is 49.1 Å². The number of aryl methyl sites for hydroxylation is 1. The lowest BCUT2D eigenvalue weighted by Crippen LogP contribution is -2.44. The number of phenols is 2. The molecule has 0 aliphatic carbocycles. The first-order chi connectivity index (χ1) is 12.4. The van der Waals surface area contributed by atoms with Crippen LogP contribution in [0.1, 0.15) is 24.5 Å². The van der Waals surface area contributed by atoms with E-state index >= 15 is 0 Å². The summed E-state index contributed by atoms with van der Waals surface area (Å²) in [6.45, 7) is 1.68. The van der Waals surface area contributed by atoms with Gasteiger partial charge in [0.05, 0.1) is 6.21 Å². The maximum Gasteiger partial charge on any atom is 0.346 e. The largest absolute Gasteiger partial charge is 0.504 e. The molecule has 7 heteroatoms. The van der Waals surface area contributed by atoms with Crippen molar-refractivity contribution in [1.29, 1.82) is 0 Å². The molecule has 1 heterocycles. The molecule has 134 valence electrons. The third-order valence-electron chi connectivity index (χ3n) is 4.32. The quantitative estimate of drug-likeness (QED) is 0.436. The zero-order valence-corrected chi connectivity index (χ0v) is 14.2. The van der Waals surface area contributed by atoms with E-state index in [1.54, 1.807) is 6.92 Å². The summed E-state index contributed by atoms with van der Waals surface area (Å²) in [6.07, 6.45) is 2.37. The van der Waals surface area contributed by atoms with Crippen molar-refractivity contribution in [3.8, 4) is 11.5 Å². The van der Waals surface area contributed by atoms with E-state index in [2.05, 4.69) is 10.4 Å². The monoisotopic (exact) mass is 353 g/mol. The van der Waals surface area contributed by atoms with Crippen LogP contribution in [0.4, 0.5) is 4.79 Å². The molecule has 3 amide bonds. The van der Waals surface area contributed by atoms with E-state index in [0.29, 0.717) is 18.4 Å². The molecule has 2 aromatic carbocycles. The van der Waals surface area contributed by atoms with Gasteiger partial charge in [0.25, 0.3) is 5.91 Å². The van der Waals surface area contributed by atoms with Crippen molar-refractivity contribution >= 4 is 18.2 Å². The highest BCUT2D eigenvalue weighted by atomic mass is 16.3. The standard InChI is InChI=1S/C19H19N3O4/c1-19(10-9-13-5-3-2-4-6-13)17(25)22(18(26)21-19)20-12-14-7-8-15(23)16(24)11-14/h2-8,11-12,23-24H,9-10H2,1H3,(H,21,26)/b20-12+/t19-/m0/s1. The van der Waals surface area contributed by atoms with Crippen LogP contribution in [0, 0.1) is 0 Å². The van der Waals surface area contributed by atoms with E-state index in [0.717, 1.165) is 10.6 Å². The van der Waals surface area contributed by atoms with Crippen molar-refractivity contribution in [2.45, 2.75) is 25.3 Å². The normalized spacial score (nSPS) is 20.0. The molecule has 26 heavy (non-hydrogen) atoms. The average molecular weight is 353 g/mol. The fourth-order valence-electron chi connectivity index (χ4n) is 2.73. The van der Waals surface area contributed by atoms with E-state index < -0.39 is 17.5 Å². The van der Waals surface area contributed by atoms with Crippen molar-refractivity contribution in [2.75, 3.05) is 0 Å². The predicted octanol–water partition coefficient (Wildman–Crippen LogP) is 2.38. The summed E-state index contributed by atoms with van der Waals surface area (Å²) in [6, 6.07) is 13.2. The molecule has 1 atom stereocenters. The van der Waals surface area contributed by atoms with E-state index in [4.69, 9.17) is 0 Å². The second-order valence-corrected chi connectivity index (χ2v) is 6.36. The van der Waals surface area contributed by atoms with E-state index in [1.807, 2.05) is 30.3 Å². The van der Waals surface area contributed by atoms with Gasteiger partial charge < -0.3 is 15.5 Å². The second-order valence-electron chi connectivity index (χ2n) is 6.36. The Balaban J connectivity index is 1.71. The Morgan fingerprint density at radius 3 is 2.54 bits per heavy atom. The number of rotatable bonds is 5. The summed E-state index contributed by atoms with van der Waals surface area (Å²) >= 11 is 0. The lowest BCUT2D eigenvalue weighted by molar-refractivity contribution is -0.130. The number of nitrogens with one attached hydrogen (secondary N) is 1. The number of hydrogen-bond donors (Lipinski definition) is 3. The minimum absolute atomic E-state index is 0.259. The van der Waals surface area contributed by atoms with Crippen LogP contribution in [0.2, 0.25) is 0 Å². The first kappa shape index (κ1) is 17.5. The minimum Gasteiger partial charge on any atom is -0.504 e. The van der Waals surface area contributed by atoms with Gasteiger partial charge in [-0.3, -0.25) is 4.79 Å². The summed E-state index contributed by atoms with van der Waals surface area (Å²) in [5.41, 5.74) is 0.498. The predicted molar refractivity (Wildman–Crippen MR) is 95.9 cm³/mol. The zero-order valence-electron chi connectivity index (χ0n) is 14.2. The second kappa shape index (κ2) is 6.87. The van der Waals surface area contributed by atoms with Crippen LogP contribution in [0.25, 0.3) is 0 Å². The minimum atomic E-state index is -1.03. The van der Waals surface area contributed by atoms with Gasteiger partial charge in [-0.1, -0.05) is 30.3 Å². The number of aromatic hydroxyl groups is 2. The smallest absolute Gasteiger partial charge is 0.346 e. The van der Waals surface area contributed by atoms with Gasteiger partial charge in [-0.2, -0.15) is 5.10 Å². The van der Waals surface area contributed by atoms with Gasteiger partial charge in [-0.15, -0.1) is 5.01 Å². The maximum atomic E-state index is 12.6. The third-order valence-corrected chi connectivity index (χ3v) is 4.32. The molecule has 2 aromatic rings. The number of hydrogen-bond acceptors (Lipinski definition) is 5. The summed E-state index contributed by atoms with van der Waals surface area (Å²) in [7, 11) is 0. The van der Waals surface area contributed by atoms with Crippen LogP contribution in [0.5, 0.6) is 11.5 Å². The highest BCUT2D eigenvalue weighted by Gasteiger charge is 2.47. The average Bonchev–Trinajstić information content (AvgIpc) is 2.84. The van der Waals surface area contributed by atoms with Crippen LogP contribution in [0.3, 0.4) is 0 Å². The van der Waals surface area contributed by atoms with E-state index in [1.165, 1.54) is 24.4 Å². The van der Waals surface area contributed by atoms with Crippen molar-refractivity contribution in [2.24, 2.45) is 5.10 Å². The van der Waals surface area contributed by atoms with Crippen LogP contribution < -0.4 is 5.32 Å². The molecule has 3 N–H and O–H groups in total. The third kappa shape index (κ3) is 3.51. The Hall–Kier alpha value is -3.35. The van der Waals surface area contributed by atoms with Crippen molar-refractivity contribution in [1.82, 2.24) is 10.3 Å². The van der Waals surface area contributed by atoms with Crippen molar-refractivity contribution in [3.05, 3.63) is 59.7 Å². The number of amides is 3. The molecule has 0 aromatic heterocycles. The molecule has 0 spiro atoms. The number of carbonyl (C=O) groups is 2. The van der Waals surface area contributed by atoms with Gasteiger partial charge in [0.2, 0.25) is 0 Å². The highest BCUT2D eigenvalue weighted by Crippen LogP contribution is 2.25. The van der Waals surface area contributed by atoms with E-state index in [-0.39, 0.29) is 11.5 Å². The molecular weight excluding hydrogens is 334 g/mol. The number of phenolic OH excluding ortho intramolecular Hbond substituents is 2. The van der Waals surface area contributed by atoms with Gasteiger partial charge in [0.15, 0.2) is 11.5 Å². The Bertz CT molecular complexity index is 866. The summed E-state index contributed by atoms with van der Waals surface area (Å²) in [4.78, 5) is 24.8. The summed E-state index contributed by atoms with van der Waals surface area (Å²) in [5, 5.41) is 26.2. The molecular formula is C19H19N3O4. The molecule has 0 radical (unpaired) electrons. The first-order valence-corrected chi connectivity index (χ1v) is 8.16. The number of urea groups is 1. The van der Waals surface area contributed by atoms with Crippen LogP contribution >= 0.6 is 0 Å². The van der Waals surface area contributed by atoms with Gasteiger partial charge in [-0.25, -0.2) is 4.79 Å². The molecule has 1 fully saturated rings. The topological polar surface area (TPSA) is 102 Å². The molecule has 1 aliphatic heterocycles. The van der Waals surface area contributed by atoms with Crippen LogP contribution in [-0.4, -0.2) is 38.9 Å². The van der Waals surface area contributed by atoms with Crippen LogP contribution in [0.15, 0.2) is 53.6 Å². The summed E-state index contributed by atoms with van der Waals surface area (Å²) in [5.74, 6) is -0.998. The number of benzene rings is 2. The van der Waals surface area contributed by atoms with Crippen LogP contribution in [-0.2, 0) is 11.2 Å².